The predicted octanol–water partition coefficient (Wildman–Crippen LogP) is 2.84. The maximum Gasteiger partial charge on any atom is 0.337 e. The van der Waals surface area contributed by atoms with E-state index in [2.05, 4.69) is 15.5 Å². The molecule has 0 aliphatic carbocycles. The lowest BCUT2D eigenvalue weighted by Gasteiger charge is -2.31. The number of nitrogens with one attached hydrogen (secondary N) is 2. The van der Waals surface area contributed by atoms with E-state index in [1.807, 2.05) is 36.4 Å². The Kier molecular flexibility index (Phi) is 7.53. The summed E-state index contributed by atoms with van der Waals surface area (Å²) in [6.45, 7) is 2.66. The van der Waals surface area contributed by atoms with E-state index in [0.29, 0.717) is 37.6 Å². The molecule has 2 aromatic carbocycles. The Labute approximate surface area is 180 Å². The quantitative estimate of drug-likeness (QED) is 0.433. The molecule has 1 aliphatic rings. The molecule has 0 atom stereocenters. The minimum absolute atomic E-state index is 0.134. The number of carbonyl (C=O) groups is 2. The number of hydrogen-bond donors (Lipinski definition) is 2. The van der Waals surface area contributed by atoms with E-state index in [-0.39, 0.29) is 11.0 Å². The zero-order valence-corrected chi connectivity index (χ0v) is 17.4. The highest BCUT2D eigenvalue weighted by molar-refractivity contribution is 7.80. The average Bonchev–Trinajstić information content (AvgIpc) is 2.78. The van der Waals surface area contributed by atoms with Crippen LogP contribution in [0.25, 0.3) is 6.08 Å². The molecular formula is C22H23N3O4S. The molecule has 7 nitrogen and oxygen atoms in total. The lowest BCUT2D eigenvalue weighted by molar-refractivity contribution is -0.115. The first-order chi connectivity index (χ1) is 14.6. The van der Waals surface area contributed by atoms with Crippen LogP contribution < -0.4 is 15.5 Å². The Morgan fingerprint density at radius 2 is 1.87 bits per heavy atom. The van der Waals surface area contributed by atoms with E-state index in [0.717, 1.165) is 11.3 Å². The van der Waals surface area contributed by atoms with Crippen molar-refractivity contribution in [1.82, 2.24) is 5.32 Å². The molecule has 1 amide bonds. The summed E-state index contributed by atoms with van der Waals surface area (Å²) in [6, 6.07) is 14.7. The summed E-state index contributed by atoms with van der Waals surface area (Å²) in [5, 5.41) is 5.79. The van der Waals surface area contributed by atoms with Crippen LogP contribution in [0.3, 0.4) is 0 Å². The molecule has 156 valence electrons. The molecule has 0 unspecified atom stereocenters. The van der Waals surface area contributed by atoms with Gasteiger partial charge in [0.1, 0.15) is 0 Å². The summed E-state index contributed by atoms with van der Waals surface area (Å²) in [5.41, 5.74) is 2.77. The van der Waals surface area contributed by atoms with Gasteiger partial charge in [0.2, 0.25) is 5.91 Å². The zero-order valence-electron chi connectivity index (χ0n) is 16.6. The average molecular weight is 426 g/mol. The molecule has 0 aromatic heterocycles. The minimum atomic E-state index is -0.452. The van der Waals surface area contributed by atoms with Crippen LogP contribution in [0, 0.1) is 0 Å². The second-order valence-electron chi connectivity index (χ2n) is 6.51. The van der Waals surface area contributed by atoms with Gasteiger partial charge in [-0.2, -0.15) is 0 Å². The number of thiocarbonyl (C=S) groups is 1. The molecule has 8 heteroatoms. The fraction of sp³-hybridized carbons (Fsp3) is 0.227. The van der Waals surface area contributed by atoms with Crippen LogP contribution in [0.15, 0.2) is 54.6 Å². The van der Waals surface area contributed by atoms with Gasteiger partial charge in [-0.05, 0) is 42.1 Å². The predicted molar refractivity (Wildman–Crippen MR) is 121 cm³/mol. The van der Waals surface area contributed by atoms with Gasteiger partial charge in [-0.1, -0.05) is 30.3 Å². The third kappa shape index (κ3) is 5.88. The number of benzene rings is 2. The summed E-state index contributed by atoms with van der Waals surface area (Å²) < 4.78 is 10.2. The topological polar surface area (TPSA) is 79.9 Å². The van der Waals surface area contributed by atoms with Crippen molar-refractivity contribution in [3.8, 4) is 0 Å². The SMILES string of the molecule is COC(=O)c1ccc(N2CCOCC2)c(NC(=S)NC(=O)/C=C/c2ccccc2)c1. The molecule has 0 saturated carbocycles. The van der Waals surface area contributed by atoms with Crippen molar-refractivity contribution in [2.75, 3.05) is 43.6 Å². The molecule has 2 aromatic rings. The normalized spacial score (nSPS) is 13.7. The van der Waals surface area contributed by atoms with Gasteiger partial charge in [-0.3, -0.25) is 10.1 Å². The highest BCUT2D eigenvalue weighted by Gasteiger charge is 2.18. The lowest BCUT2D eigenvalue weighted by atomic mass is 10.1. The van der Waals surface area contributed by atoms with Crippen LogP contribution in [-0.2, 0) is 14.3 Å². The Bertz CT molecular complexity index is 941. The smallest absolute Gasteiger partial charge is 0.337 e. The van der Waals surface area contributed by atoms with Crippen molar-refractivity contribution in [3.05, 3.63) is 65.7 Å². The van der Waals surface area contributed by atoms with Crippen molar-refractivity contribution in [1.29, 1.82) is 0 Å². The van der Waals surface area contributed by atoms with Crippen LogP contribution in [0.2, 0.25) is 0 Å². The number of amides is 1. The summed E-state index contributed by atoms with van der Waals surface area (Å²) in [4.78, 5) is 26.3. The monoisotopic (exact) mass is 425 g/mol. The van der Waals surface area contributed by atoms with Crippen molar-refractivity contribution in [3.63, 3.8) is 0 Å². The van der Waals surface area contributed by atoms with E-state index in [1.54, 1.807) is 18.2 Å². The van der Waals surface area contributed by atoms with Gasteiger partial charge in [-0.15, -0.1) is 0 Å². The minimum Gasteiger partial charge on any atom is -0.465 e. The highest BCUT2D eigenvalue weighted by atomic mass is 32.1. The third-order valence-electron chi connectivity index (χ3n) is 4.48. The summed E-state index contributed by atoms with van der Waals surface area (Å²) >= 11 is 5.31. The summed E-state index contributed by atoms with van der Waals surface area (Å²) in [5.74, 6) is -0.805. The lowest BCUT2D eigenvalue weighted by Crippen LogP contribution is -2.38. The molecule has 1 saturated heterocycles. The largest absolute Gasteiger partial charge is 0.465 e. The van der Waals surface area contributed by atoms with Crippen LogP contribution in [0.1, 0.15) is 15.9 Å². The van der Waals surface area contributed by atoms with Crippen molar-refractivity contribution in [2.45, 2.75) is 0 Å². The number of morpholine rings is 1. The van der Waals surface area contributed by atoms with Crippen molar-refractivity contribution >= 4 is 46.7 Å². The number of ether oxygens (including phenoxy) is 2. The van der Waals surface area contributed by atoms with Gasteiger partial charge in [0.25, 0.3) is 0 Å². The maximum atomic E-state index is 12.2. The standard InChI is InChI=1S/C22H23N3O4S/c1-28-21(27)17-8-9-19(25-11-13-29-14-12-25)18(15-17)23-22(30)24-20(26)10-7-16-5-3-2-4-6-16/h2-10,15H,11-14H2,1H3,(H2,23,24,26,30)/b10-7+. The first kappa shape index (κ1) is 21.5. The molecule has 0 bridgehead atoms. The maximum absolute atomic E-state index is 12.2. The Morgan fingerprint density at radius 3 is 2.57 bits per heavy atom. The molecule has 3 rings (SSSR count). The number of hydrogen-bond acceptors (Lipinski definition) is 6. The number of carbonyl (C=O) groups excluding carboxylic acids is 2. The van der Waals surface area contributed by atoms with Gasteiger partial charge >= 0.3 is 5.97 Å². The molecule has 0 spiro atoms. The number of methoxy groups -OCH3 is 1. The number of rotatable bonds is 5. The molecule has 2 N–H and O–H groups in total. The Morgan fingerprint density at radius 1 is 1.13 bits per heavy atom. The number of nitrogens with zero attached hydrogens (tertiary/aromatic N) is 1. The molecule has 0 radical (unpaired) electrons. The fourth-order valence-corrected chi connectivity index (χ4v) is 3.21. The molecule has 30 heavy (non-hydrogen) atoms. The van der Waals surface area contributed by atoms with E-state index < -0.39 is 5.97 Å². The van der Waals surface area contributed by atoms with Gasteiger partial charge in [0.05, 0.1) is 37.3 Å². The summed E-state index contributed by atoms with van der Waals surface area (Å²) in [6.07, 6.45) is 3.12. The van der Waals surface area contributed by atoms with E-state index in [9.17, 15) is 9.59 Å². The molecule has 1 aliphatic heterocycles. The van der Waals surface area contributed by atoms with Crippen LogP contribution in [0.5, 0.6) is 0 Å². The second-order valence-corrected chi connectivity index (χ2v) is 6.92. The zero-order chi connectivity index (χ0) is 21.3. The highest BCUT2D eigenvalue weighted by Crippen LogP contribution is 2.28. The molecule has 1 heterocycles. The fourth-order valence-electron chi connectivity index (χ4n) is 3.00. The third-order valence-corrected chi connectivity index (χ3v) is 4.69. The van der Waals surface area contributed by atoms with Crippen LogP contribution >= 0.6 is 12.2 Å². The van der Waals surface area contributed by atoms with E-state index in [4.69, 9.17) is 21.7 Å². The van der Waals surface area contributed by atoms with E-state index in [1.165, 1.54) is 13.2 Å². The van der Waals surface area contributed by atoms with Crippen molar-refractivity contribution in [2.24, 2.45) is 0 Å². The first-order valence-corrected chi connectivity index (χ1v) is 9.88. The first-order valence-electron chi connectivity index (χ1n) is 9.47. The van der Waals surface area contributed by atoms with Crippen LogP contribution in [-0.4, -0.2) is 50.4 Å². The van der Waals surface area contributed by atoms with Crippen LogP contribution in [0.4, 0.5) is 11.4 Å². The Balaban J connectivity index is 1.72. The van der Waals surface area contributed by atoms with E-state index >= 15 is 0 Å². The van der Waals surface area contributed by atoms with Gasteiger partial charge in [0, 0.05) is 19.2 Å². The Hall–Kier alpha value is -3.23. The molecular weight excluding hydrogens is 402 g/mol. The van der Waals surface area contributed by atoms with Gasteiger partial charge in [-0.25, -0.2) is 4.79 Å². The summed E-state index contributed by atoms with van der Waals surface area (Å²) in [7, 11) is 1.33. The molecule has 1 fully saturated rings. The van der Waals surface area contributed by atoms with Crippen molar-refractivity contribution < 1.29 is 19.1 Å². The number of anilines is 2. The van der Waals surface area contributed by atoms with Gasteiger partial charge < -0.3 is 19.7 Å². The van der Waals surface area contributed by atoms with Gasteiger partial charge in [0.15, 0.2) is 5.11 Å². The number of esters is 1. The second kappa shape index (κ2) is 10.5.